The van der Waals surface area contributed by atoms with Crippen LogP contribution in [0.2, 0.25) is 0 Å². The summed E-state index contributed by atoms with van der Waals surface area (Å²) >= 11 is 0. The summed E-state index contributed by atoms with van der Waals surface area (Å²) in [6.07, 6.45) is 16.0. The van der Waals surface area contributed by atoms with Crippen molar-refractivity contribution in [1.29, 1.82) is 0 Å². The number of aliphatic hydroxyl groups excluding tert-OH is 1. The fraction of sp³-hybridized carbons (Fsp3) is 0.926. The Hall–Kier alpha value is -0.340. The summed E-state index contributed by atoms with van der Waals surface area (Å²) in [5.41, 5.74) is 0.943. The molecule has 2 nitrogen and oxygen atoms in total. The van der Waals surface area contributed by atoms with Crippen LogP contribution in [0.3, 0.4) is 0 Å². The molecule has 0 amide bonds. The second-order valence-corrected chi connectivity index (χ2v) is 11.6. The largest absolute Gasteiger partial charge is 0.393 e. The van der Waals surface area contributed by atoms with Crippen molar-refractivity contribution >= 4 is 0 Å². The van der Waals surface area contributed by atoms with Gasteiger partial charge >= 0.3 is 0 Å². The first kappa shape index (κ1) is 21.9. The van der Waals surface area contributed by atoms with Gasteiger partial charge in [0.2, 0.25) is 0 Å². The molecule has 0 heterocycles. The average molecular weight is 403 g/mol. The monoisotopic (exact) mass is 402 g/mol. The third-order valence-corrected chi connectivity index (χ3v) is 10.5. The molecule has 9 atom stereocenters. The van der Waals surface area contributed by atoms with Crippen LogP contribution in [0, 0.1) is 46.3 Å². The van der Waals surface area contributed by atoms with Crippen LogP contribution in [0.4, 0.5) is 0 Å². The molecule has 0 aliphatic heterocycles. The van der Waals surface area contributed by atoms with E-state index in [1.54, 1.807) is 0 Å². The number of allylic oxidation sites excluding steroid dienone is 1. The maximum atomic E-state index is 10.7. The number of hydrogen-bond donors (Lipinski definition) is 1. The molecule has 1 N–H and O–H groups in total. The standard InChI is InChI=1S/C27H46O2/c1-5-7-17-29-18-19-9-11-22-20-10-12-23-21(8-6-2)25(28)14-16-27(23,4)24(20)13-15-26(19,22)3/h6,19-25,28H,2,5,7-18H2,1,3-4H3/t19?,20-,21?,22-,23?,24+,25?,26+,27-/m0/s1. The number of hydrogen-bond acceptors (Lipinski definition) is 2. The van der Waals surface area contributed by atoms with Gasteiger partial charge in [-0.3, -0.25) is 0 Å². The van der Waals surface area contributed by atoms with Gasteiger partial charge in [0.1, 0.15) is 0 Å². The lowest BCUT2D eigenvalue weighted by Gasteiger charge is -2.62. The Morgan fingerprint density at radius 2 is 1.69 bits per heavy atom. The third kappa shape index (κ3) is 3.65. The summed E-state index contributed by atoms with van der Waals surface area (Å²) in [6, 6.07) is 0. The predicted molar refractivity (Wildman–Crippen MR) is 121 cm³/mol. The molecule has 4 aliphatic rings. The maximum absolute atomic E-state index is 10.7. The smallest absolute Gasteiger partial charge is 0.0574 e. The summed E-state index contributed by atoms with van der Waals surface area (Å²) in [5, 5.41) is 10.7. The summed E-state index contributed by atoms with van der Waals surface area (Å²) in [6.45, 7) is 13.4. The number of fused-ring (bicyclic) bond motifs is 5. The Morgan fingerprint density at radius 1 is 0.966 bits per heavy atom. The highest BCUT2D eigenvalue weighted by Crippen LogP contribution is 2.68. The molecule has 0 spiro atoms. The van der Waals surface area contributed by atoms with E-state index in [9.17, 15) is 5.11 Å². The first-order chi connectivity index (χ1) is 14.0. The first-order valence-corrected chi connectivity index (χ1v) is 12.8. The molecule has 4 saturated carbocycles. The van der Waals surface area contributed by atoms with Crippen molar-refractivity contribution in [2.24, 2.45) is 46.3 Å². The lowest BCUT2D eigenvalue weighted by Crippen LogP contribution is -2.56. The lowest BCUT2D eigenvalue weighted by atomic mass is 9.43. The van der Waals surface area contributed by atoms with Crippen LogP contribution in [0.1, 0.15) is 91.4 Å². The lowest BCUT2D eigenvalue weighted by molar-refractivity contribution is -0.152. The molecule has 0 radical (unpaired) electrons. The van der Waals surface area contributed by atoms with Crippen molar-refractivity contribution in [3.63, 3.8) is 0 Å². The zero-order valence-electron chi connectivity index (χ0n) is 19.4. The minimum atomic E-state index is -0.104. The molecule has 4 rings (SSSR count). The Labute approximate surface area is 179 Å². The summed E-state index contributed by atoms with van der Waals surface area (Å²) < 4.78 is 6.13. The molecule has 0 saturated heterocycles. The van der Waals surface area contributed by atoms with Gasteiger partial charge in [0.25, 0.3) is 0 Å². The van der Waals surface area contributed by atoms with Crippen LogP contribution in [0.15, 0.2) is 12.7 Å². The van der Waals surface area contributed by atoms with Crippen LogP contribution >= 0.6 is 0 Å². The van der Waals surface area contributed by atoms with Gasteiger partial charge < -0.3 is 9.84 Å². The number of aliphatic hydroxyl groups is 1. The first-order valence-electron chi connectivity index (χ1n) is 12.8. The van der Waals surface area contributed by atoms with E-state index >= 15 is 0 Å². The van der Waals surface area contributed by atoms with Crippen molar-refractivity contribution in [3.8, 4) is 0 Å². The Balaban J connectivity index is 1.49. The third-order valence-electron chi connectivity index (χ3n) is 10.5. The normalized spacial score (nSPS) is 49.2. The molecule has 4 unspecified atom stereocenters. The van der Waals surface area contributed by atoms with E-state index in [2.05, 4.69) is 33.4 Å². The van der Waals surface area contributed by atoms with Gasteiger partial charge in [-0.15, -0.1) is 6.58 Å². The topological polar surface area (TPSA) is 29.5 Å². The molecule has 0 aromatic rings. The molecule has 0 aromatic carbocycles. The van der Waals surface area contributed by atoms with Gasteiger partial charge in [0.05, 0.1) is 6.10 Å². The van der Waals surface area contributed by atoms with E-state index in [0.29, 0.717) is 22.7 Å². The molecule has 166 valence electrons. The second kappa shape index (κ2) is 8.65. The Bertz CT molecular complexity index is 573. The molecular formula is C27H46O2. The SMILES string of the molecule is C=CCC1C(O)CC[C@@]2(C)C1CC[C@@H]1[C@H]2CC[C@]2(C)C(COCCCC)CC[C@@H]12. The van der Waals surface area contributed by atoms with Crippen LogP contribution in [-0.4, -0.2) is 24.4 Å². The van der Waals surface area contributed by atoms with Crippen molar-refractivity contribution in [1.82, 2.24) is 0 Å². The molecule has 29 heavy (non-hydrogen) atoms. The van der Waals surface area contributed by atoms with Gasteiger partial charge in [-0.1, -0.05) is 33.3 Å². The number of unbranched alkanes of at least 4 members (excludes halogenated alkanes) is 1. The quantitative estimate of drug-likeness (QED) is 0.383. The molecule has 2 heteroatoms. The summed E-state index contributed by atoms with van der Waals surface area (Å²) in [5.74, 6) is 4.61. The maximum Gasteiger partial charge on any atom is 0.0574 e. The second-order valence-electron chi connectivity index (χ2n) is 11.6. The highest BCUT2D eigenvalue weighted by Gasteiger charge is 2.61. The van der Waals surface area contributed by atoms with Gasteiger partial charge in [-0.25, -0.2) is 0 Å². The van der Waals surface area contributed by atoms with E-state index in [4.69, 9.17) is 4.74 Å². The van der Waals surface area contributed by atoms with Crippen molar-refractivity contribution in [2.45, 2.75) is 97.5 Å². The van der Waals surface area contributed by atoms with E-state index < -0.39 is 0 Å². The minimum absolute atomic E-state index is 0.104. The van der Waals surface area contributed by atoms with Crippen molar-refractivity contribution in [3.05, 3.63) is 12.7 Å². The molecule has 4 aliphatic carbocycles. The van der Waals surface area contributed by atoms with E-state index in [1.165, 1.54) is 57.8 Å². The fourth-order valence-corrected chi connectivity index (χ4v) is 8.87. The van der Waals surface area contributed by atoms with E-state index in [1.807, 2.05) is 0 Å². The average Bonchev–Trinajstić information content (AvgIpc) is 3.04. The molecule has 0 bridgehead atoms. The zero-order valence-corrected chi connectivity index (χ0v) is 19.4. The predicted octanol–water partition coefficient (Wildman–Crippen LogP) is 6.63. The van der Waals surface area contributed by atoms with Gasteiger partial charge in [-0.2, -0.15) is 0 Å². The Kier molecular flexibility index (Phi) is 6.53. The highest BCUT2D eigenvalue weighted by atomic mass is 16.5. The van der Waals surface area contributed by atoms with Crippen LogP contribution < -0.4 is 0 Å². The van der Waals surface area contributed by atoms with Crippen LogP contribution in [0.5, 0.6) is 0 Å². The highest BCUT2D eigenvalue weighted by molar-refractivity contribution is 5.10. The van der Waals surface area contributed by atoms with Gasteiger partial charge in [0, 0.05) is 13.2 Å². The van der Waals surface area contributed by atoms with E-state index in [-0.39, 0.29) is 6.10 Å². The minimum Gasteiger partial charge on any atom is -0.393 e. The fourth-order valence-electron chi connectivity index (χ4n) is 8.87. The van der Waals surface area contributed by atoms with Crippen molar-refractivity contribution < 1.29 is 9.84 Å². The Morgan fingerprint density at radius 3 is 2.45 bits per heavy atom. The van der Waals surface area contributed by atoms with Crippen LogP contribution in [-0.2, 0) is 4.74 Å². The van der Waals surface area contributed by atoms with Crippen molar-refractivity contribution in [2.75, 3.05) is 13.2 Å². The molecular weight excluding hydrogens is 356 g/mol. The zero-order chi connectivity index (χ0) is 20.6. The summed E-state index contributed by atoms with van der Waals surface area (Å²) in [7, 11) is 0. The number of ether oxygens (including phenoxy) is 1. The van der Waals surface area contributed by atoms with E-state index in [0.717, 1.165) is 49.7 Å². The molecule has 0 aromatic heterocycles. The van der Waals surface area contributed by atoms with Gasteiger partial charge in [-0.05, 0) is 111 Å². The molecule has 4 fully saturated rings. The number of rotatable bonds is 7. The van der Waals surface area contributed by atoms with Gasteiger partial charge in [0.15, 0.2) is 0 Å². The summed E-state index contributed by atoms with van der Waals surface area (Å²) in [4.78, 5) is 0. The van der Waals surface area contributed by atoms with Crippen LogP contribution in [0.25, 0.3) is 0 Å².